The van der Waals surface area contributed by atoms with Crippen LogP contribution in [0.4, 0.5) is 0 Å². The Morgan fingerprint density at radius 1 is 1.07 bits per heavy atom. The van der Waals surface area contributed by atoms with Gasteiger partial charge in [-0.2, -0.15) is 4.37 Å². The number of halogens is 1. The third-order valence-electron chi connectivity index (χ3n) is 2.89. The van der Waals surface area contributed by atoms with Gasteiger partial charge < -0.3 is 0 Å². The second-order valence-electron chi connectivity index (χ2n) is 3.95. The Morgan fingerprint density at radius 3 is 2.29 bits per heavy atom. The molecule has 2 rings (SSSR count). The lowest BCUT2D eigenvalue weighted by molar-refractivity contribution is 0.445. The number of hydrogen-bond donors (Lipinski definition) is 0. The van der Waals surface area contributed by atoms with Crippen LogP contribution >= 0.6 is 27.5 Å². The molecule has 1 aromatic heterocycles. The van der Waals surface area contributed by atoms with E-state index in [1.165, 1.54) is 56.5 Å². The van der Waals surface area contributed by atoms with Crippen LogP contribution in [-0.4, -0.2) is 9.36 Å². The van der Waals surface area contributed by atoms with E-state index < -0.39 is 0 Å². The minimum Gasteiger partial charge on any atom is -0.212 e. The first-order valence-electron chi connectivity index (χ1n) is 5.35. The maximum atomic E-state index is 4.43. The zero-order valence-electron chi connectivity index (χ0n) is 8.21. The van der Waals surface area contributed by atoms with Gasteiger partial charge in [-0.25, -0.2) is 4.98 Å². The van der Waals surface area contributed by atoms with Crippen molar-refractivity contribution in [3.8, 4) is 0 Å². The Morgan fingerprint density at radius 2 is 1.71 bits per heavy atom. The average Bonchev–Trinajstić information content (AvgIpc) is 2.51. The molecule has 2 nitrogen and oxygen atoms in total. The minimum absolute atomic E-state index is 0.623. The van der Waals surface area contributed by atoms with Gasteiger partial charge in [0.05, 0.1) is 0 Å². The van der Waals surface area contributed by atoms with Crippen molar-refractivity contribution in [2.45, 2.75) is 50.9 Å². The second-order valence-corrected chi connectivity index (χ2v) is 5.98. The molecule has 14 heavy (non-hydrogen) atoms. The van der Waals surface area contributed by atoms with Crippen LogP contribution in [0, 0.1) is 0 Å². The smallest absolute Gasteiger partial charge is 0.179 e. The zero-order chi connectivity index (χ0) is 9.80. The molecule has 1 aliphatic carbocycles. The summed E-state index contributed by atoms with van der Waals surface area (Å²) in [4.78, 5) is 4.43. The molecule has 1 aromatic rings. The van der Waals surface area contributed by atoms with Gasteiger partial charge in [0.1, 0.15) is 5.82 Å². The molecule has 0 aromatic carbocycles. The van der Waals surface area contributed by atoms with Gasteiger partial charge in [-0.15, -0.1) is 0 Å². The van der Waals surface area contributed by atoms with Crippen molar-refractivity contribution >= 4 is 27.5 Å². The monoisotopic (exact) mass is 274 g/mol. The molecule has 0 saturated heterocycles. The Labute approximate surface area is 97.4 Å². The van der Waals surface area contributed by atoms with Crippen LogP contribution in [0.25, 0.3) is 0 Å². The van der Waals surface area contributed by atoms with E-state index in [0.29, 0.717) is 5.92 Å². The summed E-state index contributed by atoms with van der Waals surface area (Å²) < 4.78 is 5.32. The van der Waals surface area contributed by atoms with Crippen LogP contribution in [0.1, 0.15) is 56.7 Å². The summed E-state index contributed by atoms with van der Waals surface area (Å²) in [7, 11) is 0. The molecule has 0 N–H and O–H groups in total. The van der Waals surface area contributed by atoms with Crippen molar-refractivity contribution in [2.24, 2.45) is 0 Å². The van der Waals surface area contributed by atoms with E-state index in [1.54, 1.807) is 0 Å². The third-order valence-corrected chi connectivity index (χ3v) is 4.02. The third kappa shape index (κ3) is 2.76. The molecule has 1 aliphatic rings. The van der Waals surface area contributed by atoms with E-state index in [2.05, 4.69) is 25.3 Å². The van der Waals surface area contributed by atoms with E-state index >= 15 is 0 Å². The van der Waals surface area contributed by atoms with Crippen LogP contribution in [0.5, 0.6) is 0 Å². The largest absolute Gasteiger partial charge is 0.212 e. The fourth-order valence-corrected chi connectivity index (χ4v) is 2.99. The van der Waals surface area contributed by atoms with Gasteiger partial charge >= 0.3 is 0 Å². The maximum Gasteiger partial charge on any atom is 0.179 e. The van der Waals surface area contributed by atoms with Crippen molar-refractivity contribution in [1.29, 1.82) is 0 Å². The standard InChI is InChI=1S/C10H15BrN2S/c11-10-12-9(13-14-10)8-6-4-2-1-3-5-7-8/h8H,1-7H2. The highest BCUT2D eigenvalue weighted by atomic mass is 79.9. The van der Waals surface area contributed by atoms with Crippen molar-refractivity contribution in [2.75, 3.05) is 0 Å². The van der Waals surface area contributed by atoms with Crippen LogP contribution in [0.15, 0.2) is 3.92 Å². The summed E-state index contributed by atoms with van der Waals surface area (Å²) >= 11 is 4.84. The summed E-state index contributed by atoms with van der Waals surface area (Å²) in [5.41, 5.74) is 0. The molecule has 0 spiro atoms. The van der Waals surface area contributed by atoms with E-state index in [9.17, 15) is 0 Å². The Balaban J connectivity index is 2.00. The maximum absolute atomic E-state index is 4.43. The SMILES string of the molecule is Brc1nc(C2CCCCCCC2)ns1. The molecule has 0 radical (unpaired) electrons. The van der Waals surface area contributed by atoms with Crippen LogP contribution in [0.2, 0.25) is 0 Å². The first kappa shape index (κ1) is 10.6. The van der Waals surface area contributed by atoms with Crippen LogP contribution < -0.4 is 0 Å². The first-order chi connectivity index (χ1) is 6.86. The average molecular weight is 275 g/mol. The first-order valence-corrected chi connectivity index (χ1v) is 6.92. The Bertz CT molecular complexity index is 279. The predicted octanol–water partition coefficient (Wildman–Crippen LogP) is 4.13. The van der Waals surface area contributed by atoms with Gasteiger partial charge in [0.2, 0.25) is 0 Å². The number of aromatic nitrogens is 2. The number of nitrogens with zero attached hydrogens (tertiary/aromatic N) is 2. The molecule has 0 amide bonds. The summed E-state index contributed by atoms with van der Waals surface area (Å²) in [6.45, 7) is 0. The molecule has 1 heterocycles. The second kappa shape index (κ2) is 5.21. The zero-order valence-corrected chi connectivity index (χ0v) is 10.6. The normalized spacial score (nSPS) is 20.4. The highest BCUT2D eigenvalue weighted by Crippen LogP contribution is 2.30. The molecule has 0 bridgehead atoms. The molecule has 4 heteroatoms. The number of rotatable bonds is 1. The molecule has 1 saturated carbocycles. The van der Waals surface area contributed by atoms with Crippen LogP contribution in [0.3, 0.4) is 0 Å². The molecule has 0 aliphatic heterocycles. The lowest BCUT2D eigenvalue weighted by atomic mass is 9.91. The number of hydrogen-bond acceptors (Lipinski definition) is 3. The fourth-order valence-electron chi connectivity index (χ4n) is 2.10. The van der Waals surface area contributed by atoms with Crippen molar-refractivity contribution in [3.05, 3.63) is 9.74 Å². The Hall–Kier alpha value is 0.0400. The quantitative estimate of drug-likeness (QED) is 0.770. The summed E-state index contributed by atoms with van der Waals surface area (Å²) in [6, 6.07) is 0. The van der Waals surface area contributed by atoms with Gasteiger partial charge in [0.15, 0.2) is 3.92 Å². The van der Waals surface area contributed by atoms with E-state index in [-0.39, 0.29) is 0 Å². The van der Waals surface area contributed by atoms with Crippen molar-refractivity contribution in [1.82, 2.24) is 9.36 Å². The lowest BCUT2D eigenvalue weighted by Crippen LogP contribution is -2.03. The molecular formula is C10H15BrN2S. The van der Waals surface area contributed by atoms with Crippen molar-refractivity contribution < 1.29 is 0 Å². The molecular weight excluding hydrogens is 260 g/mol. The lowest BCUT2D eigenvalue weighted by Gasteiger charge is -2.16. The van der Waals surface area contributed by atoms with Gasteiger partial charge in [0, 0.05) is 5.92 Å². The summed E-state index contributed by atoms with van der Waals surface area (Å²) in [5, 5.41) is 0. The highest BCUT2D eigenvalue weighted by Gasteiger charge is 2.17. The molecule has 1 fully saturated rings. The van der Waals surface area contributed by atoms with Crippen molar-refractivity contribution in [3.63, 3.8) is 0 Å². The molecule has 0 atom stereocenters. The fraction of sp³-hybridized carbons (Fsp3) is 0.800. The topological polar surface area (TPSA) is 25.8 Å². The van der Waals surface area contributed by atoms with E-state index in [0.717, 1.165) is 9.74 Å². The van der Waals surface area contributed by atoms with Gasteiger partial charge in [-0.3, -0.25) is 0 Å². The highest BCUT2D eigenvalue weighted by molar-refractivity contribution is 9.11. The molecule has 0 unspecified atom stereocenters. The minimum atomic E-state index is 0.623. The van der Waals surface area contributed by atoms with Crippen LogP contribution in [-0.2, 0) is 0 Å². The summed E-state index contributed by atoms with van der Waals surface area (Å²) in [5.74, 6) is 1.70. The van der Waals surface area contributed by atoms with E-state index in [1.807, 2.05) is 0 Å². The van der Waals surface area contributed by atoms with Gasteiger partial charge in [-0.05, 0) is 40.3 Å². The van der Waals surface area contributed by atoms with E-state index in [4.69, 9.17) is 0 Å². The summed E-state index contributed by atoms with van der Waals surface area (Å²) in [6.07, 6.45) is 9.46. The van der Waals surface area contributed by atoms with Gasteiger partial charge in [-0.1, -0.05) is 32.1 Å². The predicted molar refractivity (Wildman–Crippen MR) is 62.7 cm³/mol. The molecule has 78 valence electrons. The van der Waals surface area contributed by atoms with Gasteiger partial charge in [0.25, 0.3) is 0 Å². The Kier molecular flexibility index (Phi) is 3.93.